The van der Waals surface area contributed by atoms with Gasteiger partial charge in [-0.25, -0.2) is 0 Å². The van der Waals surface area contributed by atoms with Crippen LogP contribution in [0, 0.1) is 0 Å². The highest BCUT2D eigenvalue weighted by Gasteiger charge is 2.14. The number of carbonyl (C=O) groups is 1. The first-order valence-electron chi connectivity index (χ1n) is 5.86. The normalized spacial score (nSPS) is 12.0. The van der Waals surface area contributed by atoms with Crippen molar-refractivity contribution < 1.29 is 14.6 Å². The molecule has 5 heteroatoms. The number of aliphatic hydroxyl groups is 1. The maximum absolute atomic E-state index is 11.3. The van der Waals surface area contributed by atoms with Crippen LogP contribution in [0.2, 0.25) is 5.02 Å². The molecule has 1 amide bonds. The van der Waals surface area contributed by atoms with Crippen LogP contribution in [0.3, 0.4) is 0 Å². The molecule has 0 spiro atoms. The van der Waals surface area contributed by atoms with Gasteiger partial charge in [0, 0.05) is 23.6 Å². The zero-order valence-electron chi connectivity index (χ0n) is 10.6. The fraction of sp³-hybridized carbons (Fsp3) is 0.462. The van der Waals surface area contributed by atoms with Crippen molar-refractivity contribution in [2.75, 3.05) is 13.7 Å². The molecule has 1 rings (SSSR count). The van der Waals surface area contributed by atoms with Crippen LogP contribution in [0.25, 0.3) is 0 Å². The molecular weight excluding hydrogens is 254 g/mol. The van der Waals surface area contributed by atoms with Gasteiger partial charge < -0.3 is 15.2 Å². The third-order valence-corrected chi connectivity index (χ3v) is 2.76. The van der Waals surface area contributed by atoms with Crippen molar-refractivity contribution in [3.8, 4) is 5.75 Å². The van der Waals surface area contributed by atoms with Crippen LogP contribution in [0.4, 0.5) is 0 Å². The second-order valence-electron chi connectivity index (χ2n) is 3.96. The Morgan fingerprint density at radius 1 is 1.56 bits per heavy atom. The zero-order valence-corrected chi connectivity index (χ0v) is 11.3. The first-order valence-corrected chi connectivity index (χ1v) is 6.24. The minimum Gasteiger partial charge on any atom is -0.496 e. The van der Waals surface area contributed by atoms with E-state index in [1.54, 1.807) is 18.2 Å². The monoisotopic (exact) mass is 271 g/mol. The Morgan fingerprint density at radius 2 is 2.28 bits per heavy atom. The number of nitrogens with one attached hydrogen (secondary N) is 1. The molecule has 0 saturated carbocycles. The van der Waals surface area contributed by atoms with Crippen LogP contribution in [0.15, 0.2) is 18.2 Å². The third-order valence-electron chi connectivity index (χ3n) is 2.52. The summed E-state index contributed by atoms with van der Waals surface area (Å²) in [6.07, 6.45) is 0.404. The summed E-state index contributed by atoms with van der Waals surface area (Å²) in [4.78, 5) is 11.3. The second kappa shape index (κ2) is 7.24. The lowest BCUT2D eigenvalue weighted by Gasteiger charge is -2.15. The van der Waals surface area contributed by atoms with Gasteiger partial charge in [-0.05, 0) is 24.6 Å². The third kappa shape index (κ3) is 4.20. The van der Waals surface area contributed by atoms with Gasteiger partial charge in [-0.3, -0.25) is 4.79 Å². The molecule has 1 atom stereocenters. The fourth-order valence-corrected chi connectivity index (χ4v) is 1.78. The van der Waals surface area contributed by atoms with Crippen molar-refractivity contribution in [1.29, 1.82) is 0 Å². The molecule has 0 bridgehead atoms. The highest BCUT2D eigenvalue weighted by Crippen LogP contribution is 2.27. The van der Waals surface area contributed by atoms with E-state index in [9.17, 15) is 9.90 Å². The average Bonchev–Trinajstić information content (AvgIpc) is 2.36. The molecule has 2 N–H and O–H groups in total. The molecule has 0 aliphatic carbocycles. The SMILES string of the molecule is CCCC(=O)NCC(O)c1cc(Cl)ccc1OC. The second-order valence-corrected chi connectivity index (χ2v) is 4.39. The Labute approximate surface area is 112 Å². The van der Waals surface area contributed by atoms with Gasteiger partial charge in [0.15, 0.2) is 0 Å². The molecule has 0 aliphatic rings. The topological polar surface area (TPSA) is 58.6 Å². The van der Waals surface area contributed by atoms with Gasteiger partial charge in [0.05, 0.1) is 13.2 Å². The van der Waals surface area contributed by atoms with Gasteiger partial charge in [0.2, 0.25) is 5.91 Å². The minimum atomic E-state index is -0.834. The van der Waals surface area contributed by atoms with E-state index in [1.807, 2.05) is 6.92 Å². The molecule has 4 nitrogen and oxygen atoms in total. The van der Waals surface area contributed by atoms with Crippen molar-refractivity contribution in [3.63, 3.8) is 0 Å². The van der Waals surface area contributed by atoms with Crippen LogP contribution in [0.5, 0.6) is 5.75 Å². The van der Waals surface area contributed by atoms with Gasteiger partial charge in [-0.2, -0.15) is 0 Å². The van der Waals surface area contributed by atoms with Gasteiger partial charge in [-0.1, -0.05) is 18.5 Å². The van der Waals surface area contributed by atoms with Crippen LogP contribution in [-0.4, -0.2) is 24.7 Å². The predicted molar refractivity (Wildman–Crippen MR) is 70.9 cm³/mol. The number of carbonyl (C=O) groups excluding carboxylic acids is 1. The van der Waals surface area contributed by atoms with Crippen molar-refractivity contribution >= 4 is 17.5 Å². The van der Waals surface area contributed by atoms with Crippen LogP contribution < -0.4 is 10.1 Å². The van der Waals surface area contributed by atoms with Gasteiger partial charge in [0.25, 0.3) is 0 Å². The molecule has 18 heavy (non-hydrogen) atoms. The van der Waals surface area contributed by atoms with Gasteiger partial charge in [0.1, 0.15) is 5.75 Å². The van der Waals surface area contributed by atoms with Crippen molar-refractivity contribution in [2.24, 2.45) is 0 Å². The lowest BCUT2D eigenvalue weighted by molar-refractivity contribution is -0.121. The van der Waals surface area contributed by atoms with E-state index in [4.69, 9.17) is 16.3 Å². The quantitative estimate of drug-likeness (QED) is 0.835. The maximum atomic E-state index is 11.3. The summed E-state index contributed by atoms with van der Waals surface area (Å²) in [6, 6.07) is 5.01. The number of halogens is 1. The van der Waals surface area contributed by atoms with E-state index < -0.39 is 6.10 Å². The first-order chi connectivity index (χ1) is 8.58. The summed E-state index contributed by atoms with van der Waals surface area (Å²) in [5.74, 6) is 0.481. The largest absolute Gasteiger partial charge is 0.496 e. The Hall–Kier alpha value is -1.26. The summed E-state index contributed by atoms with van der Waals surface area (Å²) in [5, 5.41) is 13.2. The summed E-state index contributed by atoms with van der Waals surface area (Å²) in [5.41, 5.74) is 0.571. The predicted octanol–water partition coefficient (Wildman–Crippen LogP) is 2.30. The number of amides is 1. The summed E-state index contributed by atoms with van der Waals surface area (Å²) < 4.78 is 5.14. The molecule has 0 fully saturated rings. The van der Waals surface area contributed by atoms with Crippen LogP contribution in [0.1, 0.15) is 31.4 Å². The minimum absolute atomic E-state index is 0.0717. The molecule has 1 unspecified atom stereocenters. The molecule has 100 valence electrons. The molecular formula is C13H18ClNO3. The molecule has 0 aliphatic heterocycles. The molecule has 0 aromatic heterocycles. The Kier molecular flexibility index (Phi) is 5.95. The lowest BCUT2D eigenvalue weighted by Crippen LogP contribution is -2.28. The number of rotatable bonds is 6. The number of hydrogen-bond acceptors (Lipinski definition) is 3. The molecule has 0 radical (unpaired) electrons. The number of aliphatic hydroxyl groups excluding tert-OH is 1. The Bertz CT molecular complexity index is 409. The molecule has 0 heterocycles. The number of ether oxygens (including phenoxy) is 1. The molecule has 0 saturated heterocycles. The van der Waals surface area contributed by atoms with E-state index in [2.05, 4.69) is 5.32 Å². The van der Waals surface area contributed by atoms with E-state index in [0.717, 1.165) is 6.42 Å². The van der Waals surface area contributed by atoms with Crippen molar-refractivity contribution in [1.82, 2.24) is 5.32 Å². The van der Waals surface area contributed by atoms with E-state index in [1.165, 1.54) is 7.11 Å². The lowest BCUT2D eigenvalue weighted by atomic mass is 10.1. The summed E-state index contributed by atoms with van der Waals surface area (Å²) >= 11 is 5.88. The smallest absolute Gasteiger partial charge is 0.220 e. The van der Waals surface area contributed by atoms with Crippen LogP contribution in [-0.2, 0) is 4.79 Å². The first kappa shape index (κ1) is 14.8. The summed E-state index contributed by atoms with van der Waals surface area (Å²) in [7, 11) is 1.52. The fourth-order valence-electron chi connectivity index (χ4n) is 1.60. The van der Waals surface area contributed by atoms with Crippen molar-refractivity contribution in [3.05, 3.63) is 28.8 Å². The summed E-state index contributed by atoms with van der Waals surface area (Å²) in [6.45, 7) is 2.07. The molecule has 1 aromatic carbocycles. The van der Waals surface area contributed by atoms with Crippen molar-refractivity contribution in [2.45, 2.75) is 25.9 Å². The highest BCUT2D eigenvalue weighted by atomic mass is 35.5. The Balaban J connectivity index is 2.68. The number of hydrogen-bond donors (Lipinski definition) is 2. The van der Waals surface area contributed by atoms with E-state index in [0.29, 0.717) is 22.8 Å². The van der Waals surface area contributed by atoms with E-state index >= 15 is 0 Å². The van der Waals surface area contributed by atoms with Crippen LogP contribution >= 0.6 is 11.6 Å². The highest BCUT2D eigenvalue weighted by molar-refractivity contribution is 6.30. The number of benzene rings is 1. The molecule has 1 aromatic rings. The van der Waals surface area contributed by atoms with E-state index in [-0.39, 0.29) is 12.5 Å². The maximum Gasteiger partial charge on any atom is 0.220 e. The zero-order chi connectivity index (χ0) is 13.5. The van der Waals surface area contributed by atoms with Gasteiger partial charge >= 0.3 is 0 Å². The Morgan fingerprint density at radius 3 is 2.89 bits per heavy atom. The number of methoxy groups -OCH3 is 1. The average molecular weight is 272 g/mol. The standard InChI is InChI=1S/C13H18ClNO3/c1-3-4-13(17)15-8-11(16)10-7-9(14)5-6-12(10)18-2/h5-7,11,16H,3-4,8H2,1-2H3,(H,15,17). The van der Waals surface area contributed by atoms with Gasteiger partial charge in [-0.15, -0.1) is 0 Å².